The van der Waals surface area contributed by atoms with E-state index in [9.17, 15) is 4.79 Å². The van der Waals surface area contributed by atoms with Crippen molar-refractivity contribution in [1.29, 1.82) is 0 Å². The molecule has 1 aromatic rings. The van der Waals surface area contributed by atoms with Crippen molar-refractivity contribution in [3.63, 3.8) is 0 Å². The second-order valence-corrected chi connectivity index (χ2v) is 8.59. The zero-order valence-corrected chi connectivity index (χ0v) is 15.2. The van der Waals surface area contributed by atoms with Crippen molar-refractivity contribution >= 4 is 17.2 Å². The van der Waals surface area contributed by atoms with Gasteiger partial charge >= 0.3 is 0 Å². The molecule has 1 amide bonds. The van der Waals surface area contributed by atoms with Gasteiger partial charge in [-0.1, -0.05) is 12.8 Å². The zero-order chi connectivity index (χ0) is 16.5. The third kappa shape index (κ3) is 3.65. The van der Waals surface area contributed by atoms with Gasteiger partial charge in [0, 0.05) is 24.5 Å². The molecular formula is C18H27N3O2S. The molecule has 1 aliphatic carbocycles. The smallest absolute Gasteiger partial charge is 0.249 e. The van der Waals surface area contributed by atoms with E-state index in [0.717, 1.165) is 56.0 Å². The Hall–Kier alpha value is -0.980. The maximum Gasteiger partial charge on any atom is 0.249 e. The summed E-state index contributed by atoms with van der Waals surface area (Å²) in [6, 6.07) is 0.383. The summed E-state index contributed by atoms with van der Waals surface area (Å²) in [5, 5.41) is 6.47. The van der Waals surface area contributed by atoms with E-state index in [1.807, 2.05) is 6.92 Å². The second kappa shape index (κ2) is 7.10. The van der Waals surface area contributed by atoms with Crippen molar-refractivity contribution in [2.45, 2.75) is 70.2 Å². The fraction of sp³-hybridized carbons (Fsp3) is 0.778. The lowest BCUT2D eigenvalue weighted by Gasteiger charge is -2.33. The molecule has 2 saturated heterocycles. The summed E-state index contributed by atoms with van der Waals surface area (Å²) in [5.74, 6) is 0.663. The molecule has 3 fully saturated rings. The van der Waals surface area contributed by atoms with Crippen molar-refractivity contribution in [3.8, 4) is 0 Å². The molecule has 5 nitrogen and oxygen atoms in total. The summed E-state index contributed by atoms with van der Waals surface area (Å²) in [7, 11) is 0. The van der Waals surface area contributed by atoms with Gasteiger partial charge in [-0.15, -0.1) is 11.3 Å². The minimum absolute atomic E-state index is 0.123. The number of rotatable bonds is 4. The lowest BCUT2D eigenvalue weighted by molar-refractivity contribution is -0.133. The number of carbonyl (C=O) groups is 1. The fourth-order valence-corrected chi connectivity index (χ4v) is 4.98. The van der Waals surface area contributed by atoms with Crippen LogP contribution in [0, 0.1) is 12.8 Å². The number of fused-ring (bicyclic) bond motifs is 1. The number of ether oxygens (including phenoxy) is 1. The van der Waals surface area contributed by atoms with Crippen LogP contribution in [0.5, 0.6) is 0 Å². The Labute approximate surface area is 147 Å². The van der Waals surface area contributed by atoms with Crippen molar-refractivity contribution in [2.24, 2.45) is 5.92 Å². The molecule has 6 heteroatoms. The summed E-state index contributed by atoms with van der Waals surface area (Å²) in [6.45, 7) is 4.95. The number of likely N-dealkylation sites (tertiary alicyclic amines) is 1. The lowest BCUT2D eigenvalue weighted by atomic mass is 9.91. The predicted molar refractivity (Wildman–Crippen MR) is 93.9 cm³/mol. The highest BCUT2D eigenvalue weighted by Crippen LogP contribution is 2.34. The molecule has 2 aliphatic heterocycles. The van der Waals surface area contributed by atoms with Crippen molar-refractivity contribution in [3.05, 3.63) is 16.1 Å². The normalized spacial score (nSPS) is 31.3. The predicted octanol–water partition coefficient (Wildman–Crippen LogP) is 2.49. The number of aromatic nitrogens is 1. The fourth-order valence-electron chi connectivity index (χ4n) is 4.38. The molecule has 0 bridgehead atoms. The second-order valence-electron chi connectivity index (χ2n) is 7.53. The van der Waals surface area contributed by atoms with Crippen LogP contribution in [0.1, 0.15) is 49.2 Å². The number of hydrogen-bond donors (Lipinski definition) is 1. The van der Waals surface area contributed by atoms with Crippen molar-refractivity contribution in [1.82, 2.24) is 15.2 Å². The molecular weight excluding hydrogens is 322 g/mol. The van der Waals surface area contributed by atoms with Gasteiger partial charge in [-0.25, -0.2) is 4.98 Å². The van der Waals surface area contributed by atoms with E-state index in [1.54, 1.807) is 11.3 Å². The van der Waals surface area contributed by atoms with Crippen LogP contribution < -0.4 is 5.32 Å². The number of thiazole rings is 1. The molecule has 0 spiro atoms. The van der Waals surface area contributed by atoms with Gasteiger partial charge in [-0.3, -0.25) is 9.69 Å². The third-order valence-corrected chi connectivity index (χ3v) is 6.50. The SMILES string of the molecule is Cc1nc(CN2CC[C@H]3C[C@@H](C(=O)NC4CCCC4)O[C@H]3C2)cs1. The molecule has 1 N–H and O–H groups in total. The van der Waals surface area contributed by atoms with Gasteiger partial charge in [0.05, 0.1) is 16.8 Å². The summed E-state index contributed by atoms with van der Waals surface area (Å²) in [4.78, 5) is 19.4. The van der Waals surface area contributed by atoms with Gasteiger partial charge in [0.2, 0.25) is 5.91 Å². The molecule has 4 rings (SSSR count). The highest BCUT2D eigenvalue weighted by Gasteiger charge is 2.42. The number of piperidine rings is 1. The molecule has 3 aliphatic rings. The minimum Gasteiger partial charge on any atom is -0.364 e. The van der Waals surface area contributed by atoms with Crippen molar-refractivity contribution < 1.29 is 9.53 Å². The lowest BCUT2D eigenvalue weighted by Crippen LogP contribution is -2.42. The molecule has 0 radical (unpaired) electrons. The minimum atomic E-state index is -0.234. The largest absolute Gasteiger partial charge is 0.364 e. The van der Waals surface area contributed by atoms with Gasteiger partial charge in [0.1, 0.15) is 6.10 Å². The molecule has 0 unspecified atom stereocenters. The Balaban J connectivity index is 1.29. The standard InChI is InChI=1S/C18H27N3O2S/c1-12-19-15(11-24-12)9-21-7-6-13-8-16(23-17(13)10-21)18(22)20-14-4-2-3-5-14/h11,13-14,16-17H,2-10H2,1H3,(H,20,22)/t13-,16-,17-/m0/s1. The molecule has 1 aromatic heterocycles. The van der Waals surface area contributed by atoms with E-state index in [4.69, 9.17) is 4.74 Å². The number of amides is 1. The van der Waals surface area contributed by atoms with E-state index >= 15 is 0 Å². The Bertz CT molecular complexity index is 585. The number of aryl methyl sites for hydroxylation is 1. The number of nitrogens with zero attached hydrogens (tertiary/aromatic N) is 2. The van der Waals surface area contributed by atoms with Crippen LogP contribution in [0.2, 0.25) is 0 Å². The first-order chi connectivity index (χ1) is 11.7. The monoisotopic (exact) mass is 349 g/mol. The number of nitrogens with one attached hydrogen (secondary N) is 1. The molecule has 3 heterocycles. The van der Waals surface area contributed by atoms with Gasteiger partial charge in [-0.05, 0) is 45.1 Å². The van der Waals surface area contributed by atoms with Crippen LogP contribution in [0.25, 0.3) is 0 Å². The molecule has 3 atom stereocenters. The van der Waals surface area contributed by atoms with Crippen molar-refractivity contribution in [2.75, 3.05) is 13.1 Å². The Morgan fingerprint density at radius 3 is 3.00 bits per heavy atom. The van der Waals surface area contributed by atoms with Crippen LogP contribution in [0.3, 0.4) is 0 Å². The number of hydrogen-bond acceptors (Lipinski definition) is 5. The maximum atomic E-state index is 12.5. The van der Waals surface area contributed by atoms with E-state index < -0.39 is 0 Å². The zero-order valence-electron chi connectivity index (χ0n) is 14.4. The topological polar surface area (TPSA) is 54.5 Å². The van der Waals surface area contributed by atoms with Crippen LogP contribution in [0.15, 0.2) is 5.38 Å². The molecule has 24 heavy (non-hydrogen) atoms. The van der Waals surface area contributed by atoms with Crippen LogP contribution >= 0.6 is 11.3 Å². The van der Waals surface area contributed by atoms with Gasteiger partial charge < -0.3 is 10.1 Å². The molecule has 1 saturated carbocycles. The summed E-state index contributed by atoms with van der Waals surface area (Å²) >= 11 is 1.71. The average molecular weight is 350 g/mol. The van der Waals surface area contributed by atoms with E-state index in [1.165, 1.54) is 12.8 Å². The van der Waals surface area contributed by atoms with E-state index in [0.29, 0.717) is 12.0 Å². The highest BCUT2D eigenvalue weighted by molar-refractivity contribution is 7.09. The molecule has 0 aromatic carbocycles. The first-order valence-corrected chi connectivity index (χ1v) is 10.1. The van der Waals surface area contributed by atoms with Crippen LogP contribution in [-0.2, 0) is 16.1 Å². The van der Waals surface area contributed by atoms with Gasteiger partial charge in [0.25, 0.3) is 0 Å². The van der Waals surface area contributed by atoms with Crippen LogP contribution in [0.4, 0.5) is 0 Å². The summed E-state index contributed by atoms with van der Waals surface area (Å²) < 4.78 is 6.14. The first kappa shape index (κ1) is 16.5. The third-order valence-electron chi connectivity index (χ3n) is 5.68. The quantitative estimate of drug-likeness (QED) is 0.907. The number of carbonyl (C=O) groups excluding carboxylic acids is 1. The van der Waals surface area contributed by atoms with Gasteiger partial charge in [0.15, 0.2) is 0 Å². The Morgan fingerprint density at radius 1 is 1.42 bits per heavy atom. The van der Waals surface area contributed by atoms with Gasteiger partial charge in [-0.2, -0.15) is 0 Å². The Kier molecular flexibility index (Phi) is 4.88. The van der Waals surface area contributed by atoms with Crippen LogP contribution in [-0.4, -0.2) is 47.1 Å². The average Bonchev–Trinajstić information content (AvgIpc) is 3.28. The summed E-state index contributed by atoms with van der Waals surface area (Å²) in [6.07, 6.45) is 6.74. The first-order valence-electron chi connectivity index (χ1n) is 9.26. The van der Waals surface area contributed by atoms with E-state index in [-0.39, 0.29) is 18.1 Å². The molecule has 132 valence electrons. The Morgan fingerprint density at radius 2 is 2.25 bits per heavy atom. The van der Waals surface area contributed by atoms with E-state index in [2.05, 4.69) is 20.6 Å². The summed E-state index contributed by atoms with van der Waals surface area (Å²) in [5.41, 5.74) is 1.16. The highest BCUT2D eigenvalue weighted by atomic mass is 32.1. The maximum absolute atomic E-state index is 12.5.